The molecule has 32 heavy (non-hydrogen) atoms. The lowest BCUT2D eigenvalue weighted by molar-refractivity contribution is -0.173. The molecular weight excluding hydrogens is 419 g/mol. The van der Waals surface area contributed by atoms with Crippen molar-refractivity contribution in [2.75, 3.05) is 5.32 Å². The number of fused-ring (bicyclic) bond motifs is 1. The van der Waals surface area contributed by atoms with Gasteiger partial charge < -0.3 is 15.2 Å². The van der Waals surface area contributed by atoms with Crippen molar-refractivity contribution in [3.8, 4) is 0 Å². The second-order valence-corrected chi connectivity index (χ2v) is 8.14. The predicted molar refractivity (Wildman–Crippen MR) is 115 cm³/mol. The first kappa shape index (κ1) is 22.0. The average molecular weight is 445 g/mol. The van der Waals surface area contributed by atoms with Crippen LogP contribution in [0, 0.1) is 6.92 Å². The summed E-state index contributed by atoms with van der Waals surface area (Å²) in [7, 11) is 1.89. The van der Waals surface area contributed by atoms with Gasteiger partial charge in [0.25, 0.3) is 5.91 Å². The van der Waals surface area contributed by atoms with Gasteiger partial charge in [-0.05, 0) is 36.6 Å². The van der Waals surface area contributed by atoms with Gasteiger partial charge in [0, 0.05) is 24.9 Å². The van der Waals surface area contributed by atoms with Crippen molar-refractivity contribution < 1.29 is 18.0 Å². The Morgan fingerprint density at radius 1 is 1.22 bits per heavy atom. The fourth-order valence-corrected chi connectivity index (χ4v) is 4.04. The fourth-order valence-electron chi connectivity index (χ4n) is 4.04. The zero-order valence-corrected chi connectivity index (χ0v) is 18.2. The summed E-state index contributed by atoms with van der Waals surface area (Å²) in [6.07, 6.45) is -2.64. The lowest BCUT2D eigenvalue weighted by Crippen LogP contribution is -2.36. The molecule has 2 aromatic heterocycles. The minimum atomic E-state index is -4.49. The Labute approximate surface area is 184 Å². The highest BCUT2D eigenvalue weighted by Gasteiger charge is 2.47. The number of hydrogen-bond acceptors (Lipinski definition) is 3. The van der Waals surface area contributed by atoms with E-state index in [1.54, 1.807) is 0 Å². The summed E-state index contributed by atoms with van der Waals surface area (Å²) in [6, 6.07) is 8.96. The molecule has 170 valence electrons. The number of alkyl halides is 3. The molecule has 0 bridgehead atoms. The molecule has 3 aromatic rings. The number of nitrogens with zero attached hydrogens (tertiary/aromatic N) is 3. The second kappa shape index (κ2) is 8.37. The van der Waals surface area contributed by atoms with Crippen LogP contribution < -0.4 is 10.6 Å². The van der Waals surface area contributed by atoms with Crippen molar-refractivity contribution in [2.45, 2.75) is 51.5 Å². The van der Waals surface area contributed by atoms with Crippen molar-refractivity contribution >= 4 is 11.7 Å². The van der Waals surface area contributed by atoms with Crippen molar-refractivity contribution in [1.29, 1.82) is 0 Å². The van der Waals surface area contributed by atoms with Gasteiger partial charge in [-0.15, -0.1) is 0 Å². The minimum Gasteiger partial charge on any atom is -0.363 e. The number of carbonyl (C=O) groups is 1. The number of aryl methyl sites for hydroxylation is 2. The summed E-state index contributed by atoms with van der Waals surface area (Å²) in [5.74, 6) is -0.385. The van der Waals surface area contributed by atoms with Gasteiger partial charge in [-0.3, -0.25) is 4.79 Å². The Morgan fingerprint density at radius 3 is 2.53 bits per heavy atom. The van der Waals surface area contributed by atoms with E-state index in [-0.39, 0.29) is 24.3 Å². The summed E-state index contributed by atoms with van der Waals surface area (Å²) < 4.78 is 44.4. The number of amides is 1. The molecule has 1 aliphatic heterocycles. The van der Waals surface area contributed by atoms with E-state index in [2.05, 4.69) is 15.7 Å². The van der Waals surface area contributed by atoms with Crippen LogP contribution in [0.3, 0.4) is 0 Å². The number of nitrogens with one attached hydrogen (secondary N) is 2. The van der Waals surface area contributed by atoms with E-state index in [4.69, 9.17) is 0 Å². The maximum absolute atomic E-state index is 13.9. The molecule has 1 amide bonds. The van der Waals surface area contributed by atoms with E-state index in [0.717, 1.165) is 33.6 Å². The van der Waals surface area contributed by atoms with E-state index in [9.17, 15) is 18.0 Å². The van der Waals surface area contributed by atoms with Crippen LogP contribution in [0.1, 0.15) is 58.3 Å². The molecular formula is C23H26F3N5O. The fraction of sp³-hybridized carbons (Fsp3) is 0.391. The van der Waals surface area contributed by atoms with Crippen molar-refractivity contribution in [1.82, 2.24) is 19.7 Å². The van der Waals surface area contributed by atoms with Crippen molar-refractivity contribution in [3.63, 3.8) is 0 Å². The molecule has 3 heterocycles. The minimum absolute atomic E-state index is 0.0868. The van der Waals surface area contributed by atoms with Crippen LogP contribution in [0.2, 0.25) is 0 Å². The number of aromatic nitrogens is 3. The third kappa shape index (κ3) is 4.11. The molecule has 0 unspecified atom stereocenters. The topological polar surface area (TPSA) is 63.9 Å². The molecule has 2 N–H and O–H groups in total. The van der Waals surface area contributed by atoms with Gasteiger partial charge in [-0.1, -0.05) is 31.2 Å². The van der Waals surface area contributed by atoms with Gasteiger partial charge in [-0.2, -0.15) is 18.3 Å². The number of anilines is 1. The molecule has 0 saturated carbocycles. The molecule has 0 aliphatic carbocycles. The summed E-state index contributed by atoms with van der Waals surface area (Å²) in [4.78, 5) is 12.9. The zero-order valence-electron chi connectivity index (χ0n) is 18.2. The normalized spacial score (nSPS) is 18.2. The lowest BCUT2D eigenvalue weighted by atomic mass is 9.95. The smallest absolute Gasteiger partial charge is 0.363 e. The van der Waals surface area contributed by atoms with Crippen LogP contribution in [0.4, 0.5) is 19.0 Å². The Kier molecular flexibility index (Phi) is 5.75. The highest BCUT2D eigenvalue weighted by atomic mass is 19.4. The third-order valence-corrected chi connectivity index (χ3v) is 6.18. The van der Waals surface area contributed by atoms with Gasteiger partial charge in [-0.25, -0.2) is 4.68 Å². The molecule has 1 aromatic carbocycles. The van der Waals surface area contributed by atoms with Gasteiger partial charge in [0.1, 0.15) is 11.4 Å². The first-order chi connectivity index (χ1) is 15.2. The van der Waals surface area contributed by atoms with Crippen LogP contribution >= 0.6 is 0 Å². The van der Waals surface area contributed by atoms with Crippen LogP contribution in [-0.2, 0) is 20.0 Å². The lowest BCUT2D eigenvalue weighted by Gasteiger charge is -2.34. The van der Waals surface area contributed by atoms with Gasteiger partial charge in [0.2, 0.25) is 0 Å². The molecule has 0 radical (unpaired) electrons. The third-order valence-electron chi connectivity index (χ3n) is 6.18. The Bertz CT molecular complexity index is 1110. The predicted octanol–water partition coefficient (Wildman–Crippen LogP) is 4.68. The van der Waals surface area contributed by atoms with E-state index in [1.807, 2.05) is 61.9 Å². The van der Waals surface area contributed by atoms with E-state index in [0.29, 0.717) is 0 Å². The monoisotopic (exact) mass is 445 g/mol. The maximum Gasteiger partial charge on any atom is 0.410 e. The molecule has 9 heteroatoms. The largest absolute Gasteiger partial charge is 0.410 e. The van der Waals surface area contributed by atoms with Gasteiger partial charge in [0.15, 0.2) is 6.04 Å². The molecule has 6 nitrogen and oxygen atoms in total. The summed E-state index contributed by atoms with van der Waals surface area (Å²) in [6.45, 7) is 4.24. The maximum atomic E-state index is 13.9. The number of benzene rings is 1. The number of hydrogen-bond donors (Lipinski definition) is 2. The first-order valence-electron chi connectivity index (χ1n) is 10.6. The number of halogens is 3. The second-order valence-electron chi connectivity index (χ2n) is 8.14. The van der Waals surface area contributed by atoms with E-state index < -0.39 is 24.2 Å². The van der Waals surface area contributed by atoms with Crippen molar-refractivity contribution in [2.24, 2.45) is 7.05 Å². The number of carbonyl (C=O) groups excluding carboxylic acids is 1. The summed E-state index contributed by atoms with van der Waals surface area (Å²) in [5, 5.41) is 9.85. The van der Waals surface area contributed by atoms with Crippen LogP contribution in [0.25, 0.3) is 0 Å². The SMILES string of the molecule is CCc1ccc([C@H]2C[C@@H](C(F)(F)F)n3ncc(C(=O)NCc4ccc(C)n4C)c3N2)cc1. The Morgan fingerprint density at radius 2 is 1.94 bits per heavy atom. The Balaban J connectivity index is 1.61. The van der Waals surface area contributed by atoms with E-state index >= 15 is 0 Å². The van der Waals surface area contributed by atoms with Crippen molar-refractivity contribution in [3.05, 3.63) is 70.7 Å². The molecule has 0 saturated heterocycles. The van der Waals surface area contributed by atoms with Gasteiger partial charge >= 0.3 is 6.18 Å². The number of rotatable bonds is 5. The molecule has 2 atom stereocenters. The molecule has 0 fully saturated rings. The quantitative estimate of drug-likeness (QED) is 0.599. The van der Waals surface area contributed by atoms with Crippen LogP contribution in [-0.4, -0.2) is 26.4 Å². The highest BCUT2D eigenvalue weighted by molar-refractivity contribution is 5.98. The molecule has 0 spiro atoms. The standard InChI is InChI=1S/C23H26F3N5O/c1-4-15-6-8-16(9-7-15)19-11-20(23(24,25)26)31-21(29-19)18(13-28-31)22(32)27-12-17-10-5-14(2)30(17)3/h5-10,13,19-20,29H,4,11-12H2,1-3H3,(H,27,32)/t19-,20+/m1/s1. The molecule has 1 aliphatic rings. The first-order valence-corrected chi connectivity index (χ1v) is 10.6. The Hall–Kier alpha value is -3.23. The van der Waals surface area contributed by atoms with Gasteiger partial charge in [0.05, 0.1) is 18.8 Å². The zero-order chi connectivity index (χ0) is 23.0. The van der Waals surface area contributed by atoms with E-state index in [1.165, 1.54) is 6.20 Å². The molecule has 4 rings (SSSR count). The van der Waals surface area contributed by atoms with Crippen LogP contribution in [0.15, 0.2) is 42.6 Å². The average Bonchev–Trinajstić information content (AvgIpc) is 3.34. The highest BCUT2D eigenvalue weighted by Crippen LogP contribution is 2.44. The van der Waals surface area contributed by atoms with Crippen LogP contribution in [0.5, 0.6) is 0 Å². The summed E-state index contributed by atoms with van der Waals surface area (Å²) in [5.41, 5.74) is 3.89. The summed E-state index contributed by atoms with van der Waals surface area (Å²) >= 11 is 0.